The summed E-state index contributed by atoms with van der Waals surface area (Å²) in [6, 6.07) is 4.00. The maximum absolute atomic E-state index is 12.3. The molecule has 1 heterocycles. The van der Waals surface area contributed by atoms with Crippen molar-refractivity contribution in [3.63, 3.8) is 0 Å². The number of amides is 1. The van der Waals surface area contributed by atoms with E-state index in [4.69, 9.17) is 13.9 Å². The molecule has 9 heteroatoms. The van der Waals surface area contributed by atoms with Crippen LogP contribution in [0.3, 0.4) is 0 Å². The van der Waals surface area contributed by atoms with Crippen molar-refractivity contribution >= 4 is 23.3 Å². The summed E-state index contributed by atoms with van der Waals surface area (Å²) in [5, 5.41) is 13.6. The van der Waals surface area contributed by atoms with E-state index in [-0.39, 0.29) is 22.7 Å². The number of benzene rings is 1. The largest absolute Gasteiger partial charge is 0.496 e. The zero-order chi connectivity index (χ0) is 20.3. The quantitative estimate of drug-likeness (QED) is 0.466. The van der Waals surface area contributed by atoms with E-state index in [0.29, 0.717) is 17.1 Å². The number of hydrogen-bond acceptors (Lipinski definition) is 7. The predicted molar refractivity (Wildman–Crippen MR) is 96.1 cm³/mol. The van der Waals surface area contributed by atoms with E-state index in [1.54, 1.807) is 20.8 Å². The molecule has 0 aliphatic carbocycles. The fourth-order valence-electron chi connectivity index (χ4n) is 2.50. The first-order valence-electron chi connectivity index (χ1n) is 8.06. The Morgan fingerprint density at radius 1 is 1.22 bits per heavy atom. The highest BCUT2D eigenvalue weighted by Gasteiger charge is 2.26. The SMILES string of the molecule is COc1ccc(NC(=O)[C@@H](C)OC(=O)c2c(C)oc(C)c2C)c([N+](=O)[O-])c1. The lowest BCUT2D eigenvalue weighted by molar-refractivity contribution is -0.384. The molecule has 2 rings (SSSR count). The number of carbonyl (C=O) groups excluding carboxylic acids is 2. The van der Waals surface area contributed by atoms with Crippen LogP contribution in [-0.2, 0) is 9.53 Å². The Kier molecular flexibility index (Phi) is 5.84. The number of rotatable bonds is 6. The van der Waals surface area contributed by atoms with Crippen molar-refractivity contribution < 1.29 is 28.4 Å². The number of aryl methyl sites for hydroxylation is 2. The van der Waals surface area contributed by atoms with Gasteiger partial charge in [-0.05, 0) is 39.8 Å². The van der Waals surface area contributed by atoms with Gasteiger partial charge in [0.25, 0.3) is 11.6 Å². The predicted octanol–water partition coefficient (Wildman–Crippen LogP) is 3.31. The minimum Gasteiger partial charge on any atom is -0.496 e. The van der Waals surface area contributed by atoms with Gasteiger partial charge in [-0.25, -0.2) is 4.79 Å². The van der Waals surface area contributed by atoms with Gasteiger partial charge >= 0.3 is 5.97 Å². The molecule has 0 spiro atoms. The first-order chi connectivity index (χ1) is 12.6. The lowest BCUT2D eigenvalue weighted by atomic mass is 10.1. The molecule has 27 heavy (non-hydrogen) atoms. The molecule has 144 valence electrons. The Bertz CT molecular complexity index is 901. The molecule has 1 atom stereocenters. The number of nitrogens with one attached hydrogen (secondary N) is 1. The van der Waals surface area contributed by atoms with E-state index >= 15 is 0 Å². The summed E-state index contributed by atoms with van der Waals surface area (Å²) in [6.45, 7) is 6.44. The second-order valence-electron chi connectivity index (χ2n) is 5.89. The Hall–Kier alpha value is -3.36. The molecular weight excluding hydrogens is 356 g/mol. The molecule has 1 amide bonds. The molecule has 9 nitrogen and oxygen atoms in total. The van der Waals surface area contributed by atoms with Gasteiger partial charge in [0.15, 0.2) is 6.10 Å². The molecule has 0 fully saturated rings. The third kappa shape index (κ3) is 4.25. The van der Waals surface area contributed by atoms with Crippen LogP contribution in [0.2, 0.25) is 0 Å². The van der Waals surface area contributed by atoms with E-state index in [0.717, 1.165) is 0 Å². The highest BCUT2D eigenvalue weighted by atomic mass is 16.6. The van der Waals surface area contributed by atoms with Crippen molar-refractivity contribution in [1.29, 1.82) is 0 Å². The number of hydrogen-bond donors (Lipinski definition) is 1. The third-order valence-corrected chi connectivity index (χ3v) is 4.08. The molecule has 0 radical (unpaired) electrons. The standard InChI is InChI=1S/C18H20N2O7/c1-9-10(2)26-11(3)16(9)18(22)27-12(4)17(21)19-14-7-6-13(25-5)8-15(14)20(23)24/h6-8,12H,1-5H3,(H,19,21)/t12-/m1/s1. The topological polar surface area (TPSA) is 121 Å². The van der Waals surface area contributed by atoms with Crippen molar-refractivity contribution in [2.45, 2.75) is 33.8 Å². The molecule has 0 aliphatic rings. The number of anilines is 1. The highest BCUT2D eigenvalue weighted by molar-refractivity contribution is 5.99. The van der Waals surface area contributed by atoms with Crippen molar-refractivity contribution in [2.24, 2.45) is 0 Å². The Morgan fingerprint density at radius 2 is 1.89 bits per heavy atom. The molecule has 1 aromatic heterocycles. The molecule has 0 saturated carbocycles. The van der Waals surface area contributed by atoms with Crippen LogP contribution in [0, 0.1) is 30.9 Å². The van der Waals surface area contributed by atoms with Crippen molar-refractivity contribution in [1.82, 2.24) is 0 Å². The first-order valence-corrected chi connectivity index (χ1v) is 8.06. The summed E-state index contributed by atoms with van der Waals surface area (Å²) in [5.74, 6) is -0.139. The van der Waals surface area contributed by atoms with Crippen LogP contribution in [0.1, 0.15) is 34.4 Å². The van der Waals surface area contributed by atoms with Crippen LogP contribution in [0.25, 0.3) is 0 Å². The minimum absolute atomic E-state index is 0.0276. The molecule has 0 saturated heterocycles. The number of carbonyl (C=O) groups is 2. The number of ether oxygens (including phenoxy) is 2. The monoisotopic (exact) mass is 376 g/mol. The van der Waals surface area contributed by atoms with Gasteiger partial charge in [-0.1, -0.05) is 0 Å². The second kappa shape index (κ2) is 7.90. The molecular formula is C18H20N2O7. The molecule has 0 aliphatic heterocycles. The zero-order valence-corrected chi connectivity index (χ0v) is 15.6. The van der Waals surface area contributed by atoms with Crippen LogP contribution >= 0.6 is 0 Å². The zero-order valence-electron chi connectivity index (χ0n) is 15.6. The second-order valence-corrected chi connectivity index (χ2v) is 5.89. The number of nitro benzene ring substituents is 1. The molecule has 1 aromatic carbocycles. The van der Waals surface area contributed by atoms with E-state index in [1.807, 2.05) is 0 Å². The summed E-state index contributed by atoms with van der Waals surface area (Å²) >= 11 is 0. The first kappa shape index (κ1) is 20.0. The van der Waals surface area contributed by atoms with Crippen LogP contribution in [-0.4, -0.2) is 30.0 Å². The average molecular weight is 376 g/mol. The number of nitro groups is 1. The molecule has 2 aromatic rings. The van der Waals surface area contributed by atoms with Crippen molar-refractivity contribution in [2.75, 3.05) is 12.4 Å². The van der Waals surface area contributed by atoms with Crippen LogP contribution in [0.5, 0.6) is 5.75 Å². The highest BCUT2D eigenvalue weighted by Crippen LogP contribution is 2.29. The summed E-state index contributed by atoms with van der Waals surface area (Å²) in [6.07, 6.45) is -1.17. The fourth-order valence-corrected chi connectivity index (χ4v) is 2.50. The number of nitrogens with zero attached hydrogens (tertiary/aromatic N) is 1. The minimum atomic E-state index is -1.17. The van der Waals surface area contributed by atoms with Gasteiger partial charge < -0.3 is 19.2 Å². The number of methoxy groups -OCH3 is 1. The van der Waals surface area contributed by atoms with E-state index in [1.165, 1.54) is 32.2 Å². The van der Waals surface area contributed by atoms with Crippen molar-refractivity contribution in [3.05, 3.63) is 51.0 Å². The van der Waals surface area contributed by atoms with Gasteiger partial charge in [0.05, 0.1) is 18.1 Å². The maximum atomic E-state index is 12.3. The normalized spacial score (nSPS) is 11.6. The Balaban J connectivity index is 2.14. The lowest BCUT2D eigenvalue weighted by Crippen LogP contribution is -2.30. The van der Waals surface area contributed by atoms with Crippen LogP contribution < -0.4 is 10.1 Å². The number of esters is 1. The average Bonchev–Trinajstić information content (AvgIpc) is 2.86. The van der Waals surface area contributed by atoms with E-state index in [9.17, 15) is 19.7 Å². The van der Waals surface area contributed by atoms with Gasteiger partial charge in [0.1, 0.15) is 28.5 Å². The van der Waals surface area contributed by atoms with Crippen molar-refractivity contribution in [3.8, 4) is 5.75 Å². The van der Waals surface area contributed by atoms with Gasteiger partial charge in [0, 0.05) is 5.56 Å². The summed E-state index contributed by atoms with van der Waals surface area (Å²) in [7, 11) is 1.38. The maximum Gasteiger partial charge on any atom is 0.342 e. The van der Waals surface area contributed by atoms with Crippen LogP contribution in [0.15, 0.2) is 22.6 Å². The molecule has 1 N–H and O–H groups in total. The summed E-state index contributed by atoms with van der Waals surface area (Å²) in [4.78, 5) is 35.2. The van der Waals surface area contributed by atoms with Crippen LogP contribution in [0.4, 0.5) is 11.4 Å². The Labute approximate surface area is 155 Å². The third-order valence-electron chi connectivity index (χ3n) is 4.08. The molecule has 0 bridgehead atoms. The van der Waals surface area contributed by atoms with E-state index < -0.39 is 22.9 Å². The Morgan fingerprint density at radius 3 is 2.41 bits per heavy atom. The van der Waals surface area contributed by atoms with Gasteiger partial charge in [-0.3, -0.25) is 14.9 Å². The van der Waals surface area contributed by atoms with Gasteiger partial charge in [0.2, 0.25) is 0 Å². The lowest BCUT2D eigenvalue weighted by Gasteiger charge is -2.14. The van der Waals surface area contributed by atoms with Gasteiger partial charge in [-0.2, -0.15) is 0 Å². The van der Waals surface area contributed by atoms with Gasteiger partial charge in [-0.15, -0.1) is 0 Å². The summed E-state index contributed by atoms with van der Waals surface area (Å²) < 4.78 is 15.5. The fraction of sp³-hybridized carbons (Fsp3) is 0.333. The molecule has 0 unspecified atom stereocenters. The summed E-state index contributed by atoms with van der Waals surface area (Å²) in [5.41, 5.74) is 0.539. The smallest absolute Gasteiger partial charge is 0.342 e. The number of furan rings is 1. The van der Waals surface area contributed by atoms with E-state index in [2.05, 4.69) is 5.32 Å².